The van der Waals surface area contributed by atoms with Gasteiger partial charge in [-0.25, -0.2) is 0 Å². The first-order valence-electron chi connectivity index (χ1n) is 7.64. The van der Waals surface area contributed by atoms with Gasteiger partial charge in [-0.2, -0.15) is 0 Å². The van der Waals surface area contributed by atoms with Crippen molar-refractivity contribution in [2.45, 2.75) is 25.9 Å². The van der Waals surface area contributed by atoms with E-state index in [0.717, 1.165) is 23.4 Å². The number of benzene rings is 2. The molecule has 22 heavy (non-hydrogen) atoms. The van der Waals surface area contributed by atoms with Crippen LogP contribution < -0.4 is 14.8 Å². The van der Waals surface area contributed by atoms with E-state index in [0.29, 0.717) is 0 Å². The van der Waals surface area contributed by atoms with Crippen LogP contribution in [0.15, 0.2) is 42.5 Å². The molecule has 0 aliphatic carbocycles. The van der Waals surface area contributed by atoms with E-state index < -0.39 is 7.26 Å². The Bertz CT molecular complexity index is 703. The Morgan fingerprint density at radius 1 is 1.00 bits per heavy atom. The zero-order valence-electron chi connectivity index (χ0n) is 14.0. The number of methoxy groups -OCH3 is 1. The standard InChI is InChI=1S/C19H24O2P/c1-19(2,3)22(5)13-21-17-12-8-10-15(18(17)22)14-9-6-7-11-16(14)20-4/h6-12H,13H2,1-5H3/q+1. The SMILES string of the molecule is COc1ccccc1-c1cccc2c1[P+](C)(C(C)(C)C)CO2. The highest BCUT2D eigenvalue weighted by atomic mass is 31.2. The van der Waals surface area contributed by atoms with Crippen LogP contribution in [0.3, 0.4) is 0 Å². The van der Waals surface area contributed by atoms with Gasteiger partial charge in [0.2, 0.25) is 6.35 Å². The summed E-state index contributed by atoms with van der Waals surface area (Å²) in [5.41, 5.74) is 2.42. The summed E-state index contributed by atoms with van der Waals surface area (Å²) in [7, 11) is 0.328. The fourth-order valence-electron chi connectivity index (χ4n) is 3.02. The van der Waals surface area contributed by atoms with Gasteiger partial charge in [0, 0.05) is 11.1 Å². The van der Waals surface area contributed by atoms with Gasteiger partial charge in [-0.15, -0.1) is 0 Å². The van der Waals surface area contributed by atoms with E-state index in [2.05, 4.69) is 57.8 Å². The molecule has 0 saturated carbocycles. The van der Waals surface area contributed by atoms with E-state index in [1.54, 1.807) is 7.11 Å². The summed E-state index contributed by atoms with van der Waals surface area (Å²) in [5.74, 6) is 1.97. The Hall–Kier alpha value is -1.53. The third kappa shape index (κ3) is 2.21. The van der Waals surface area contributed by atoms with Crippen LogP contribution in [0.2, 0.25) is 0 Å². The fraction of sp³-hybridized carbons (Fsp3) is 0.368. The van der Waals surface area contributed by atoms with Crippen LogP contribution in [0.4, 0.5) is 0 Å². The first kappa shape index (κ1) is 15.4. The second kappa shape index (κ2) is 5.28. The first-order chi connectivity index (χ1) is 10.4. The maximum absolute atomic E-state index is 6.08. The molecule has 116 valence electrons. The Balaban J connectivity index is 2.27. The van der Waals surface area contributed by atoms with E-state index >= 15 is 0 Å². The average Bonchev–Trinajstić information content (AvgIpc) is 2.86. The molecule has 0 N–H and O–H groups in total. The van der Waals surface area contributed by atoms with E-state index in [4.69, 9.17) is 9.47 Å². The smallest absolute Gasteiger partial charge is 0.201 e. The Kier molecular flexibility index (Phi) is 3.69. The molecule has 1 aliphatic rings. The quantitative estimate of drug-likeness (QED) is 0.742. The van der Waals surface area contributed by atoms with Crippen molar-refractivity contribution in [3.05, 3.63) is 42.5 Å². The summed E-state index contributed by atoms with van der Waals surface area (Å²) in [5, 5.41) is 1.63. The van der Waals surface area contributed by atoms with Crippen molar-refractivity contribution in [1.29, 1.82) is 0 Å². The van der Waals surface area contributed by atoms with Crippen LogP contribution in [0.1, 0.15) is 20.8 Å². The lowest BCUT2D eigenvalue weighted by atomic mass is 10.0. The summed E-state index contributed by atoms with van der Waals surface area (Å²) in [6.45, 7) is 9.41. The molecular weight excluding hydrogens is 291 g/mol. The van der Waals surface area contributed by atoms with Crippen LogP contribution in [0.5, 0.6) is 11.5 Å². The molecule has 0 saturated heterocycles. The van der Waals surface area contributed by atoms with E-state index in [1.807, 2.05) is 12.1 Å². The van der Waals surface area contributed by atoms with E-state index in [1.165, 1.54) is 10.9 Å². The van der Waals surface area contributed by atoms with Crippen molar-refractivity contribution >= 4 is 12.6 Å². The van der Waals surface area contributed by atoms with Crippen LogP contribution in [0, 0.1) is 0 Å². The third-order valence-electron chi connectivity index (χ3n) is 4.85. The maximum atomic E-state index is 6.08. The largest absolute Gasteiger partial charge is 0.496 e. The summed E-state index contributed by atoms with van der Waals surface area (Å²) in [6.07, 6.45) is 0.831. The predicted octanol–water partition coefficient (Wildman–Crippen LogP) is 4.78. The molecule has 2 aromatic rings. The topological polar surface area (TPSA) is 18.5 Å². The maximum Gasteiger partial charge on any atom is 0.201 e. The number of fused-ring (bicyclic) bond motifs is 1. The van der Waals surface area contributed by atoms with Crippen LogP contribution >= 0.6 is 7.26 Å². The molecule has 0 bridgehead atoms. The van der Waals surface area contributed by atoms with Gasteiger partial charge >= 0.3 is 0 Å². The lowest BCUT2D eigenvalue weighted by Crippen LogP contribution is -2.28. The van der Waals surface area contributed by atoms with Gasteiger partial charge in [-0.1, -0.05) is 24.3 Å². The number of para-hydroxylation sites is 1. The molecule has 0 spiro atoms. The summed E-state index contributed by atoms with van der Waals surface area (Å²) in [6, 6.07) is 14.6. The molecule has 3 heteroatoms. The monoisotopic (exact) mass is 315 g/mol. The molecule has 1 heterocycles. The van der Waals surface area contributed by atoms with Crippen molar-refractivity contribution in [1.82, 2.24) is 0 Å². The first-order valence-corrected chi connectivity index (χ1v) is 10.1. The number of hydrogen-bond donors (Lipinski definition) is 0. The fourth-order valence-corrected chi connectivity index (χ4v) is 5.96. The summed E-state index contributed by atoms with van der Waals surface area (Å²) < 4.78 is 11.7. The molecule has 1 atom stereocenters. The van der Waals surface area contributed by atoms with Gasteiger partial charge in [0.15, 0.2) is 5.75 Å². The number of hydrogen-bond acceptors (Lipinski definition) is 2. The molecule has 0 fully saturated rings. The minimum Gasteiger partial charge on any atom is -0.496 e. The molecule has 1 unspecified atom stereocenters. The lowest BCUT2D eigenvalue weighted by Gasteiger charge is -2.31. The molecule has 2 nitrogen and oxygen atoms in total. The number of ether oxygens (including phenoxy) is 2. The van der Waals surface area contributed by atoms with Gasteiger partial charge in [0.25, 0.3) is 0 Å². The van der Waals surface area contributed by atoms with Crippen molar-refractivity contribution in [3.63, 3.8) is 0 Å². The van der Waals surface area contributed by atoms with Gasteiger partial charge in [0.1, 0.15) is 11.1 Å². The normalized spacial score (nSPS) is 20.4. The molecular formula is C19H24O2P+. The van der Waals surface area contributed by atoms with E-state index in [-0.39, 0.29) is 5.16 Å². The third-order valence-corrected chi connectivity index (χ3v) is 9.90. The van der Waals surface area contributed by atoms with Crippen molar-refractivity contribution < 1.29 is 9.47 Å². The van der Waals surface area contributed by atoms with Gasteiger partial charge in [-0.05, 0) is 39.0 Å². The number of rotatable bonds is 2. The minimum absolute atomic E-state index is 0.219. The van der Waals surface area contributed by atoms with Gasteiger partial charge in [0.05, 0.1) is 26.2 Å². The minimum atomic E-state index is -1.41. The molecule has 2 aromatic carbocycles. The van der Waals surface area contributed by atoms with Gasteiger partial charge in [-0.3, -0.25) is 0 Å². The Morgan fingerprint density at radius 2 is 1.68 bits per heavy atom. The lowest BCUT2D eigenvalue weighted by molar-refractivity contribution is 0.398. The molecule has 0 aromatic heterocycles. The Labute approximate surface area is 133 Å². The summed E-state index contributed by atoms with van der Waals surface area (Å²) in [4.78, 5) is 0. The van der Waals surface area contributed by atoms with Crippen LogP contribution in [-0.4, -0.2) is 25.3 Å². The van der Waals surface area contributed by atoms with Crippen LogP contribution in [0.25, 0.3) is 11.1 Å². The molecule has 3 rings (SSSR count). The zero-order chi connectivity index (χ0) is 16.0. The molecule has 1 aliphatic heterocycles. The van der Waals surface area contributed by atoms with Crippen molar-refractivity contribution in [2.75, 3.05) is 20.1 Å². The average molecular weight is 315 g/mol. The highest BCUT2D eigenvalue weighted by Gasteiger charge is 2.54. The highest BCUT2D eigenvalue weighted by molar-refractivity contribution is 7.84. The van der Waals surface area contributed by atoms with E-state index in [9.17, 15) is 0 Å². The zero-order valence-corrected chi connectivity index (χ0v) is 14.9. The Morgan fingerprint density at radius 3 is 2.36 bits per heavy atom. The van der Waals surface area contributed by atoms with Crippen molar-refractivity contribution in [2.24, 2.45) is 0 Å². The summed E-state index contributed by atoms with van der Waals surface area (Å²) >= 11 is 0. The highest BCUT2D eigenvalue weighted by Crippen LogP contribution is 2.69. The second-order valence-corrected chi connectivity index (χ2v) is 11.4. The van der Waals surface area contributed by atoms with Gasteiger partial charge < -0.3 is 9.47 Å². The molecule has 0 radical (unpaired) electrons. The molecule has 0 amide bonds. The predicted molar refractivity (Wildman–Crippen MR) is 96.2 cm³/mol. The van der Waals surface area contributed by atoms with Crippen LogP contribution in [-0.2, 0) is 0 Å². The van der Waals surface area contributed by atoms with Crippen molar-refractivity contribution in [3.8, 4) is 22.6 Å². The second-order valence-electron chi connectivity index (χ2n) is 6.99.